The van der Waals surface area contributed by atoms with Gasteiger partial charge < -0.3 is 9.84 Å². The molecule has 0 radical (unpaired) electrons. The average molecular weight is 313 g/mol. The number of carbonyl (C=O) groups is 1. The molecule has 0 aromatic heterocycles. The van der Waals surface area contributed by atoms with Crippen LogP contribution in [-0.2, 0) is 14.8 Å². The van der Waals surface area contributed by atoms with Gasteiger partial charge in [-0.2, -0.15) is 4.31 Å². The van der Waals surface area contributed by atoms with Crippen LogP contribution < -0.4 is 0 Å². The summed E-state index contributed by atoms with van der Waals surface area (Å²) in [7, 11) is -3.72. The van der Waals surface area contributed by atoms with Gasteiger partial charge in [-0.1, -0.05) is 6.07 Å². The summed E-state index contributed by atoms with van der Waals surface area (Å²) in [6, 6.07) is 4.31. The van der Waals surface area contributed by atoms with Crippen LogP contribution in [0.3, 0.4) is 0 Å². The molecule has 21 heavy (non-hydrogen) atoms. The predicted molar refractivity (Wildman–Crippen MR) is 76.9 cm³/mol. The number of rotatable bonds is 3. The summed E-state index contributed by atoms with van der Waals surface area (Å²) in [6.07, 6.45) is -0.377. The van der Waals surface area contributed by atoms with Crippen LogP contribution in [-0.4, -0.2) is 49.1 Å². The smallest absolute Gasteiger partial charge is 0.335 e. The average Bonchev–Trinajstić information content (AvgIpc) is 2.37. The van der Waals surface area contributed by atoms with Crippen molar-refractivity contribution in [2.75, 3.05) is 13.1 Å². The first kappa shape index (κ1) is 15.9. The molecular weight excluding hydrogens is 294 g/mol. The number of ether oxygens (including phenoxy) is 1. The number of benzene rings is 1. The number of hydrogen-bond donors (Lipinski definition) is 1. The van der Waals surface area contributed by atoms with Gasteiger partial charge in [-0.3, -0.25) is 0 Å². The number of sulfonamides is 1. The molecule has 1 aromatic rings. The van der Waals surface area contributed by atoms with Gasteiger partial charge in [-0.05, 0) is 38.5 Å². The van der Waals surface area contributed by atoms with Crippen molar-refractivity contribution in [3.05, 3.63) is 29.3 Å². The van der Waals surface area contributed by atoms with Crippen LogP contribution in [0.5, 0.6) is 0 Å². The van der Waals surface area contributed by atoms with Crippen LogP contribution in [0.2, 0.25) is 0 Å². The van der Waals surface area contributed by atoms with Crippen LogP contribution in [0.1, 0.15) is 29.8 Å². The Labute approximate surface area is 124 Å². The van der Waals surface area contributed by atoms with Crippen LogP contribution >= 0.6 is 0 Å². The summed E-state index contributed by atoms with van der Waals surface area (Å²) >= 11 is 0. The first-order valence-electron chi connectivity index (χ1n) is 6.72. The number of carboxylic acids is 1. The molecule has 2 atom stereocenters. The fourth-order valence-corrected chi connectivity index (χ4v) is 4.43. The Bertz CT molecular complexity index is 645. The number of nitrogens with zero attached hydrogens (tertiary/aromatic N) is 1. The van der Waals surface area contributed by atoms with E-state index in [-0.39, 0.29) is 41.3 Å². The van der Waals surface area contributed by atoms with Crippen LogP contribution in [0.15, 0.2) is 23.1 Å². The predicted octanol–water partition coefficient (Wildman–Crippen LogP) is 1.49. The van der Waals surface area contributed by atoms with E-state index in [0.29, 0.717) is 0 Å². The fourth-order valence-electron chi connectivity index (χ4n) is 2.59. The third kappa shape index (κ3) is 3.09. The summed E-state index contributed by atoms with van der Waals surface area (Å²) < 4.78 is 32.4. The number of carboxylic acid groups (broad SMARTS) is 1. The Morgan fingerprint density at radius 2 is 1.86 bits per heavy atom. The largest absolute Gasteiger partial charge is 0.478 e. The van der Waals surface area contributed by atoms with Gasteiger partial charge in [-0.15, -0.1) is 0 Å². The van der Waals surface area contributed by atoms with Crippen LogP contribution in [0, 0.1) is 6.92 Å². The van der Waals surface area contributed by atoms with E-state index in [1.807, 2.05) is 13.8 Å². The Hall–Kier alpha value is -1.44. The molecular formula is C14H19NO5S. The lowest BCUT2D eigenvalue weighted by Gasteiger charge is -2.34. The molecule has 0 aliphatic carbocycles. The summed E-state index contributed by atoms with van der Waals surface area (Å²) in [5, 5.41) is 9.12. The highest BCUT2D eigenvalue weighted by molar-refractivity contribution is 7.89. The minimum absolute atomic E-state index is 0.00503. The molecule has 2 rings (SSSR count). The number of aromatic carboxylic acids is 1. The van der Waals surface area contributed by atoms with Crippen LogP contribution in [0.25, 0.3) is 0 Å². The molecule has 7 heteroatoms. The van der Waals surface area contributed by atoms with Gasteiger partial charge >= 0.3 is 5.97 Å². The van der Waals surface area contributed by atoms with Crippen LogP contribution in [0.4, 0.5) is 0 Å². The quantitative estimate of drug-likeness (QED) is 0.914. The highest BCUT2D eigenvalue weighted by atomic mass is 32.2. The minimum atomic E-state index is -3.72. The highest BCUT2D eigenvalue weighted by Crippen LogP contribution is 2.25. The standard InChI is InChI=1S/C14H19NO5S/c1-9-7-15(8-10(2)20-9)21(18,19)13-6-4-5-12(11(13)3)14(16)17/h4-6,9-10H,7-8H2,1-3H3,(H,16,17). The third-order valence-corrected chi connectivity index (χ3v) is 5.49. The molecule has 116 valence electrons. The van der Waals surface area contributed by atoms with Gasteiger partial charge in [0.25, 0.3) is 0 Å². The highest BCUT2D eigenvalue weighted by Gasteiger charge is 2.33. The van der Waals surface area contributed by atoms with Crippen molar-refractivity contribution in [1.29, 1.82) is 0 Å². The number of morpholine rings is 1. The molecule has 1 N–H and O–H groups in total. The lowest BCUT2D eigenvalue weighted by atomic mass is 10.1. The van der Waals surface area contributed by atoms with E-state index in [1.54, 1.807) is 0 Å². The van der Waals surface area contributed by atoms with Gasteiger partial charge in [0, 0.05) is 13.1 Å². The Morgan fingerprint density at radius 3 is 2.38 bits per heavy atom. The van der Waals surface area contributed by atoms with Crippen molar-refractivity contribution >= 4 is 16.0 Å². The zero-order chi connectivity index (χ0) is 15.8. The van der Waals surface area contributed by atoms with Gasteiger partial charge in [0.05, 0.1) is 22.7 Å². The first-order chi connectivity index (χ1) is 9.73. The topological polar surface area (TPSA) is 83.9 Å². The van der Waals surface area contributed by atoms with E-state index in [2.05, 4.69) is 0 Å². The number of hydrogen-bond acceptors (Lipinski definition) is 4. The lowest BCUT2D eigenvalue weighted by Crippen LogP contribution is -2.48. The van der Waals surface area contributed by atoms with E-state index in [1.165, 1.54) is 29.4 Å². The van der Waals surface area contributed by atoms with E-state index in [4.69, 9.17) is 9.84 Å². The summed E-state index contributed by atoms with van der Waals surface area (Å²) in [4.78, 5) is 11.2. The molecule has 1 saturated heterocycles. The SMILES string of the molecule is Cc1c(C(=O)O)cccc1S(=O)(=O)N1CC(C)OC(C)C1. The van der Waals surface area contributed by atoms with Crippen molar-refractivity contribution < 1.29 is 23.1 Å². The molecule has 1 heterocycles. The molecule has 1 aromatic carbocycles. The lowest BCUT2D eigenvalue weighted by molar-refractivity contribution is -0.0441. The van der Waals surface area contributed by atoms with Crippen molar-refractivity contribution in [1.82, 2.24) is 4.31 Å². The molecule has 6 nitrogen and oxygen atoms in total. The molecule has 0 bridgehead atoms. The normalized spacial score (nSPS) is 24.0. The Morgan fingerprint density at radius 1 is 1.29 bits per heavy atom. The minimum Gasteiger partial charge on any atom is -0.478 e. The summed E-state index contributed by atoms with van der Waals surface area (Å²) in [6.45, 7) is 5.69. The monoisotopic (exact) mass is 313 g/mol. The summed E-state index contributed by atoms with van der Waals surface area (Å²) in [5.41, 5.74) is 0.266. The maximum atomic E-state index is 12.8. The van der Waals surface area contributed by atoms with Crippen molar-refractivity contribution in [2.45, 2.75) is 37.9 Å². The van der Waals surface area contributed by atoms with Crippen molar-refractivity contribution in [3.63, 3.8) is 0 Å². The second kappa shape index (κ2) is 5.75. The van der Waals surface area contributed by atoms with Crippen molar-refractivity contribution in [3.8, 4) is 0 Å². The maximum absolute atomic E-state index is 12.8. The molecule has 1 fully saturated rings. The maximum Gasteiger partial charge on any atom is 0.335 e. The molecule has 0 saturated carbocycles. The van der Waals surface area contributed by atoms with Gasteiger partial charge in [0.1, 0.15) is 0 Å². The van der Waals surface area contributed by atoms with E-state index >= 15 is 0 Å². The van der Waals surface area contributed by atoms with Gasteiger partial charge in [0.2, 0.25) is 10.0 Å². The molecule has 1 aliphatic heterocycles. The summed E-state index contributed by atoms with van der Waals surface area (Å²) in [5.74, 6) is -1.13. The second-order valence-electron chi connectivity index (χ2n) is 5.31. The Kier molecular flexibility index (Phi) is 4.36. The zero-order valence-corrected chi connectivity index (χ0v) is 13.1. The molecule has 1 aliphatic rings. The van der Waals surface area contributed by atoms with Gasteiger partial charge in [-0.25, -0.2) is 13.2 Å². The molecule has 2 unspecified atom stereocenters. The van der Waals surface area contributed by atoms with Gasteiger partial charge in [0.15, 0.2) is 0 Å². The fraction of sp³-hybridized carbons (Fsp3) is 0.500. The third-order valence-electron chi connectivity index (χ3n) is 3.52. The van der Waals surface area contributed by atoms with E-state index in [9.17, 15) is 13.2 Å². The first-order valence-corrected chi connectivity index (χ1v) is 8.16. The van der Waals surface area contributed by atoms with E-state index in [0.717, 1.165) is 0 Å². The second-order valence-corrected chi connectivity index (χ2v) is 7.22. The molecule has 0 amide bonds. The molecule has 0 spiro atoms. The van der Waals surface area contributed by atoms with Crippen molar-refractivity contribution in [2.24, 2.45) is 0 Å². The zero-order valence-electron chi connectivity index (χ0n) is 12.2. The Balaban J connectivity index is 2.45. The van der Waals surface area contributed by atoms with E-state index < -0.39 is 16.0 Å².